The van der Waals surface area contributed by atoms with Gasteiger partial charge in [0.1, 0.15) is 6.10 Å². The van der Waals surface area contributed by atoms with E-state index >= 15 is 0 Å². The van der Waals surface area contributed by atoms with Crippen molar-refractivity contribution in [2.24, 2.45) is 0 Å². The van der Waals surface area contributed by atoms with E-state index in [1.54, 1.807) is 0 Å². The standard InChI is InChI=1S/C12H26O4Si/c1-12(2,3)17(5,6)16-10(8-7-9-13)11(14)15-4/h10,13H,7-9H2,1-6H3/t10-/m1/s1. The van der Waals surface area contributed by atoms with Crippen molar-refractivity contribution in [2.45, 2.75) is 57.8 Å². The Morgan fingerprint density at radius 1 is 1.35 bits per heavy atom. The van der Waals surface area contributed by atoms with Gasteiger partial charge in [0.2, 0.25) is 0 Å². The van der Waals surface area contributed by atoms with Crippen molar-refractivity contribution < 1.29 is 19.1 Å². The molecule has 0 aliphatic carbocycles. The molecule has 0 aliphatic rings. The van der Waals surface area contributed by atoms with Gasteiger partial charge in [-0.05, 0) is 31.0 Å². The number of aliphatic hydroxyl groups excluding tert-OH is 1. The van der Waals surface area contributed by atoms with Crippen molar-refractivity contribution in [3.05, 3.63) is 0 Å². The molecular weight excluding hydrogens is 236 g/mol. The number of rotatable bonds is 6. The minimum Gasteiger partial charge on any atom is -0.467 e. The van der Waals surface area contributed by atoms with Gasteiger partial charge in [-0.25, -0.2) is 4.79 Å². The lowest BCUT2D eigenvalue weighted by atomic mass is 10.2. The van der Waals surface area contributed by atoms with Crippen molar-refractivity contribution in [2.75, 3.05) is 13.7 Å². The molecule has 0 radical (unpaired) electrons. The number of carbonyl (C=O) groups excluding carboxylic acids is 1. The fourth-order valence-corrected chi connectivity index (χ4v) is 2.44. The van der Waals surface area contributed by atoms with Gasteiger partial charge in [0.25, 0.3) is 0 Å². The van der Waals surface area contributed by atoms with Gasteiger partial charge in [-0.1, -0.05) is 20.8 Å². The maximum Gasteiger partial charge on any atom is 0.333 e. The van der Waals surface area contributed by atoms with Gasteiger partial charge < -0.3 is 14.3 Å². The number of carbonyl (C=O) groups is 1. The molecule has 5 heteroatoms. The van der Waals surface area contributed by atoms with Crippen molar-refractivity contribution in [3.8, 4) is 0 Å². The second-order valence-corrected chi connectivity index (χ2v) is 10.5. The summed E-state index contributed by atoms with van der Waals surface area (Å²) in [6.07, 6.45) is 0.511. The van der Waals surface area contributed by atoms with Gasteiger partial charge >= 0.3 is 5.97 Å². The van der Waals surface area contributed by atoms with Crippen LogP contribution in [0, 0.1) is 0 Å². The van der Waals surface area contributed by atoms with E-state index in [9.17, 15) is 4.79 Å². The molecular formula is C12H26O4Si. The normalized spacial score (nSPS) is 14.5. The van der Waals surface area contributed by atoms with Crippen molar-refractivity contribution >= 4 is 14.3 Å². The molecule has 102 valence electrons. The minimum absolute atomic E-state index is 0.0541. The molecule has 0 amide bonds. The molecule has 0 heterocycles. The van der Waals surface area contributed by atoms with Gasteiger partial charge in [-0.2, -0.15) is 0 Å². The quantitative estimate of drug-likeness (QED) is 0.589. The highest BCUT2D eigenvalue weighted by Gasteiger charge is 2.40. The van der Waals surface area contributed by atoms with E-state index in [-0.39, 0.29) is 17.6 Å². The average Bonchev–Trinajstić information content (AvgIpc) is 2.21. The van der Waals surface area contributed by atoms with Crippen LogP contribution in [0.25, 0.3) is 0 Å². The third-order valence-electron chi connectivity index (χ3n) is 3.33. The van der Waals surface area contributed by atoms with Gasteiger partial charge in [0.15, 0.2) is 8.32 Å². The van der Waals surface area contributed by atoms with E-state index in [4.69, 9.17) is 14.3 Å². The largest absolute Gasteiger partial charge is 0.467 e. The molecule has 0 bridgehead atoms. The molecule has 0 rings (SSSR count). The summed E-state index contributed by atoms with van der Waals surface area (Å²) in [5, 5.41) is 8.89. The second-order valence-electron chi connectivity index (χ2n) is 5.76. The van der Waals surface area contributed by atoms with E-state index < -0.39 is 14.4 Å². The van der Waals surface area contributed by atoms with Gasteiger partial charge in [0.05, 0.1) is 7.11 Å². The number of hydrogen-bond acceptors (Lipinski definition) is 4. The van der Waals surface area contributed by atoms with Crippen LogP contribution in [0.15, 0.2) is 0 Å². The lowest BCUT2D eigenvalue weighted by Gasteiger charge is -2.38. The molecule has 0 aliphatic heterocycles. The van der Waals surface area contributed by atoms with Gasteiger partial charge in [0, 0.05) is 6.61 Å². The lowest BCUT2D eigenvalue weighted by molar-refractivity contribution is -0.149. The Labute approximate surface area is 105 Å². The Morgan fingerprint density at radius 3 is 2.24 bits per heavy atom. The first-order valence-electron chi connectivity index (χ1n) is 6.02. The molecule has 17 heavy (non-hydrogen) atoms. The van der Waals surface area contributed by atoms with Crippen LogP contribution in [0.3, 0.4) is 0 Å². The van der Waals surface area contributed by atoms with E-state index in [2.05, 4.69) is 33.9 Å². The fraction of sp³-hybridized carbons (Fsp3) is 0.917. The topological polar surface area (TPSA) is 55.8 Å². The molecule has 1 atom stereocenters. The van der Waals surface area contributed by atoms with Crippen LogP contribution in [0.4, 0.5) is 0 Å². The van der Waals surface area contributed by atoms with Crippen molar-refractivity contribution in [3.63, 3.8) is 0 Å². The molecule has 0 saturated heterocycles. The average molecular weight is 262 g/mol. The Bertz CT molecular complexity index is 245. The van der Waals surface area contributed by atoms with Gasteiger partial charge in [-0.15, -0.1) is 0 Å². The first-order chi connectivity index (χ1) is 7.65. The number of aliphatic hydroxyl groups is 1. The molecule has 0 fully saturated rings. The third kappa shape index (κ3) is 5.19. The zero-order chi connectivity index (χ0) is 13.7. The Kier molecular flexibility index (Phi) is 6.36. The maximum atomic E-state index is 11.6. The van der Waals surface area contributed by atoms with Crippen LogP contribution in [-0.2, 0) is 14.0 Å². The number of methoxy groups -OCH3 is 1. The SMILES string of the molecule is COC(=O)[C@@H](CCCO)O[Si](C)(C)C(C)(C)C. The number of ether oxygens (including phenoxy) is 1. The molecule has 0 aromatic rings. The smallest absolute Gasteiger partial charge is 0.333 e. The Morgan fingerprint density at radius 2 is 1.88 bits per heavy atom. The van der Waals surface area contributed by atoms with Crippen molar-refractivity contribution in [1.29, 1.82) is 0 Å². The number of esters is 1. The van der Waals surface area contributed by atoms with E-state index in [1.165, 1.54) is 7.11 Å². The molecule has 0 unspecified atom stereocenters. The predicted molar refractivity (Wildman–Crippen MR) is 70.4 cm³/mol. The number of hydrogen-bond donors (Lipinski definition) is 1. The first-order valence-corrected chi connectivity index (χ1v) is 8.93. The van der Waals surface area contributed by atoms with Crippen LogP contribution >= 0.6 is 0 Å². The summed E-state index contributed by atoms with van der Waals surface area (Å²) in [5.74, 6) is -0.344. The molecule has 1 N–H and O–H groups in total. The van der Waals surface area contributed by atoms with Crippen molar-refractivity contribution in [1.82, 2.24) is 0 Å². The summed E-state index contributed by atoms with van der Waals surface area (Å²) < 4.78 is 10.8. The highest BCUT2D eigenvalue weighted by Crippen LogP contribution is 2.37. The zero-order valence-corrected chi connectivity index (χ0v) is 12.9. The molecule has 0 aromatic heterocycles. The minimum atomic E-state index is -1.98. The lowest BCUT2D eigenvalue weighted by Crippen LogP contribution is -2.46. The summed E-state index contributed by atoms with van der Waals surface area (Å²) in [4.78, 5) is 11.6. The highest BCUT2D eigenvalue weighted by atomic mass is 28.4. The molecule has 0 saturated carbocycles. The van der Waals surface area contributed by atoms with Crippen LogP contribution in [0.1, 0.15) is 33.6 Å². The monoisotopic (exact) mass is 262 g/mol. The maximum absolute atomic E-state index is 11.6. The van der Waals surface area contributed by atoms with E-state index in [0.29, 0.717) is 12.8 Å². The zero-order valence-electron chi connectivity index (χ0n) is 11.9. The Hall–Kier alpha value is -0.393. The van der Waals surface area contributed by atoms with Crippen LogP contribution in [0.5, 0.6) is 0 Å². The first kappa shape index (κ1) is 16.6. The molecule has 0 spiro atoms. The summed E-state index contributed by atoms with van der Waals surface area (Å²) in [5.41, 5.74) is 0. The summed E-state index contributed by atoms with van der Waals surface area (Å²) >= 11 is 0. The van der Waals surface area contributed by atoms with Crippen LogP contribution in [-0.4, -0.2) is 39.2 Å². The summed E-state index contributed by atoms with van der Waals surface area (Å²) in [6.45, 7) is 10.6. The van der Waals surface area contributed by atoms with E-state index in [1.807, 2.05) is 0 Å². The third-order valence-corrected chi connectivity index (χ3v) is 7.82. The summed E-state index contributed by atoms with van der Waals surface area (Å²) in [6, 6.07) is 0. The second kappa shape index (κ2) is 6.52. The van der Waals surface area contributed by atoms with Gasteiger partial charge in [-0.3, -0.25) is 0 Å². The fourth-order valence-electron chi connectivity index (χ4n) is 1.17. The van der Waals surface area contributed by atoms with Crippen LogP contribution < -0.4 is 0 Å². The van der Waals surface area contributed by atoms with E-state index in [0.717, 1.165) is 0 Å². The Balaban J connectivity index is 4.68. The van der Waals surface area contributed by atoms with Crippen LogP contribution in [0.2, 0.25) is 18.1 Å². The highest BCUT2D eigenvalue weighted by molar-refractivity contribution is 6.74. The molecule has 4 nitrogen and oxygen atoms in total. The molecule has 0 aromatic carbocycles. The summed E-state index contributed by atoms with van der Waals surface area (Å²) in [7, 11) is -0.615. The predicted octanol–water partition coefficient (Wildman–Crippen LogP) is 2.32.